The van der Waals surface area contributed by atoms with Gasteiger partial charge in [0.25, 0.3) is 0 Å². The van der Waals surface area contributed by atoms with Gasteiger partial charge < -0.3 is 19.5 Å². The molecule has 0 heterocycles. The molecule has 0 aliphatic carbocycles. The Hall–Kier alpha value is -0.910. The number of carboxylic acids is 1. The van der Waals surface area contributed by atoms with Crippen LogP contribution < -0.4 is 0 Å². The lowest BCUT2D eigenvalue weighted by molar-refractivity contribution is -0.152. The molecule has 0 aliphatic rings. The molecule has 0 aliphatic heterocycles. The third-order valence-corrected chi connectivity index (χ3v) is 5.93. The molecule has 0 rings (SSSR count). The van der Waals surface area contributed by atoms with Crippen molar-refractivity contribution in [1.29, 1.82) is 0 Å². The van der Waals surface area contributed by atoms with E-state index in [1.54, 1.807) is 0 Å². The highest BCUT2D eigenvalue weighted by Crippen LogP contribution is 2.11. The zero-order valence-electron chi connectivity index (χ0n) is 21.7. The van der Waals surface area contributed by atoms with Crippen molar-refractivity contribution in [1.82, 2.24) is 4.90 Å². The first-order valence-electron chi connectivity index (χ1n) is 13.3. The van der Waals surface area contributed by atoms with Crippen molar-refractivity contribution in [2.24, 2.45) is 0 Å². The largest absolute Gasteiger partial charge is 0.479 e. The summed E-state index contributed by atoms with van der Waals surface area (Å²) >= 11 is 0. The summed E-state index contributed by atoms with van der Waals surface area (Å²) in [5.41, 5.74) is 0. The number of hydrogen-bond acceptors (Lipinski definition) is 4. The molecule has 0 amide bonds. The first kappa shape index (κ1) is 31.1. The molecule has 32 heavy (non-hydrogen) atoms. The molecule has 0 saturated heterocycles. The lowest BCUT2D eigenvalue weighted by Crippen LogP contribution is -2.39. The highest BCUT2D eigenvalue weighted by Gasteiger charge is 2.21. The minimum absolute atomic E-state index is 0.0768. The van der Waals surface area contributed by atoms with Crippen molar-refractivity contribution in [2.75, 3.05) is 33.9 Å². The molecule has 2 unspecified atom stereocenters. The van der Waals surface area contributed by atoms with E-state index in [4.69, 9.17) is 9.47 Å². The maximum atomic E-state index is 11.6. The van der Waals surface area contributed by atoms with Crippen molar-refractivity contribution >= 4 is 5.97 Å². The number of allylic oxidation sites excluding steroid dienone is 2. The molecular weight excluding hydrogens is 402 g/mol. The van der Waals surface area contributed by atoms with Crippen LogP contribution in [0.3, 0.4) is 0 Å². The van der Waals surface area contributed by atoms with Gasteiger partial charge in [-0.1, -0.05) is 77.4 Å². The molecule has 0 aromatic heterocycles. The predicted molar refractivity (Wildman–Crippen MR) is 135 cm³/mol. The van der Waals surface area contributed by atoms with Gasteiger partial charge in [-0.3, -0.25) is 0 Å². The molecule has 0 aromatic rings. The molecule has 190 valence electrons. The number of hydrogen-bond donors (Lipinski definition) is 1. The lowest BCUT2D eigenvalue weighted by Gasteiger charge is -2.25. The number of unbranched alkanes of at least 4 members (excludes halogenated alkanes) is 11. The van der Waals surface area contributed by atoms with Crippen LogP contribution in [0, 0.1) is 0 Å². The zero-order chi connectivity index (χ0) is 23.9. The van der Waals surface area contributed by atoms with E-state index < -0.39 is 12.1 Å². The summed E-state index contributed by atoms with van der Waals surface area (Å²) in [7, 11) is 3.98. The second-order valence-corrected chi connectivity index (χ2v) is 9.23. The van der Waals surface area contributed by atoms with Gasteiger partial charge >= 0.3 is 5.97 Å². The number of rotatable bonds is 24. The van der Waals surface area contributed by atoms with Gasteiger partial charge in [-0.15, -0.1) is 0 Å². The summed E-state index contributed by atoms with van der Waals surface area (Å²) in [4.78, 5) is 13.6. The van der Waals surface area contributed by atoms with Crippen LogP contribution in [0.2, 0.25) is 0 Å². The second kappa shape index (κ2) is 23.3. The molecule has 0 saturated carbocycles. The smallest absolute Gasteiger partial charge is 0.332 e. The first-order chi connectivity index (χ1) is 15.5. The topological polar surface area (TPSA) is 59.0 Å². The minimum atomic E-state index is -0.860. The van der Waals surface area contributed by atoms with Gasteiger partial charge in [-0.2, -0.15) is 0 Å². The molecule has 0 radical (unpaired) electrons. The van der Waals surface area contributed by atoms with Crippen molar-refractivity contribution in [2.45, 2.75) is 122 Å². The van der Waals surface area contributed by atoms with Gasteiger partial charge in [-0.05, 0) is 59.0 Å². The molecule has 0 bridgehead atoms. The van der Waals surface area contributed by atoms with Gasteiger partial charge in [0.05, 0.1) is 19.3 Å². The van der Waals surface area contributed by atoms with Crippen LogP contribution in [0.5, 0.6) is 0 Å². The van der Waals surface area contributed by atoms with E-state index >= 15 is 0 Å². The Morgan fingerprint density at radius 3 is 1.97 bits per heavy atom. The quantitative estimate of drug-likeness (QED) is 0.127. The molecule has 5 heteroatoms. The standard InChI is InChI=1S/C27H53NO4/c1-5-7-9-11-12-13-14-15-16-17-18-19-21-26(27(29)30)32-24-25(28(3)4)23-31-22-20-10-8-6-2/h15-16,25-26H,5-14,17-24H2,1-4H3,(H,29,30). The summed E-state index contributed by atoms with van der Waals surface area (Å²) in [6, 6.07) is 0.0768. The SMILES string of the molecule is CCCCCCCCC=CCCCCC(OCC(COCCCCCC)N(C)C)C(=O)O. The van der Waals surface area contributed by atoms with E-state index in [2.05, 4.69) is 30.9 Å². The molecule has 1 N–H and O–H groups in total. The van der Waals surface area contributed by atoms with E-state index in [0.717, 1.165) is 32.3 Å². The fourth-order valence-corrected chi connectivity index (χ4v) is 3.57. The Balaban J connectivity index is 3.94. The molecule has 0 aromatic carbocycles. The van der Waals surface area contributed by atoms with Crippen LogP contribution >= 0.6 is 0 Å². The van der Waals surface area contributed by atoms with E-state index in [0.29, 0.717) is 19.6 Å². The van der Waals surface area contributed by atoms with Crippen LogP contribution in [0.25, 0.3) is 0 Å². The van der Waals surface area contributed by atoms with E-state index in [9.17, 15) is 9.90 Å². The summed E-state index contributed by atoms with van der Waals surface area (Å²) in [5.74, 6) is -0.860. The number of carboxylic acid groups (broad SMARTS) is 1. The molecule has 5 nitrogen and oxygen atoms in total. The van der Waals surface area contributed by atoms with Crippen molar-refractivity contribution in [3.05, 3.63) is 12.2 Å². The van der Waals surface area contributed by atoms with Gasteiger partial charge in [0, 0.05) is 6.61 Å². The molecular formula is C27H53NO4. The normalized spacial score (nSPS) is 13.8. The van der Waals surface area contributed by atoms with Crippen LogP contribution in [0.4, 0.5) is 0 Å². The number of nitrogens with zero attached hydrogens (tertiary/aromatic N) is 1. The summed E-state index contributed by atoms with van der Waals surface area (Å²) in [6.45, 7) is 6.18. The van der Waals surface area contributed by atoms with Crippen LogP contribution in [-0.4, -0.2) is 62.0 Å². The minimum Gasteiger partial charge on any atom is -0.479 e. The number of ether oxygens (including phenoxy) is 2. The monoisotopic (exact) mass is 455 g/mol. The lowest BCUT2D eigenvalue weighted by atomic mass is 10.1. The Labute approximate surface area is 198 Å². The van der Waals surface area contributed by atoms with E-state index in [1.165, 1.54) is 64.2 Å². The Kier molecular flexibility index (Phi) is 22.6. The van der Waals surface area contributed by atoms with E-state index in [1.807, 2.05) is 14.1 Å². The maximum absolute atomic E-state index is 11.6. The van der Waals surface area contributed by atoms with Crippen LogP contribution in [-0.2, 0) is 14.3 Å². The Morgan fingerprint density at radius 2 is 1.38 bits per heavy atom. The number of likely N-dealkylation sites (N-methyl/N-ethyl adjacent to an activating group) is 1. The number of carbonyl (C=O) groups is 1. The average Bonchev–Trinajstić information content (AvgIpc) is 2.76. The van der Waals surface area contributed by atoms with Crippen LogP contribution in [0.1, 0.15) is 110 Å². The molecule has 0 fully saturated rings. The van der Waals surface area contributed by atoms with Crippen LogP contribution in [0.15, 0.2) is 12.2 Å². The van der Waals surface area contributed by atoms with Gasteiger partial charge in [0.1, 0.15) is 0 Å². The summed E-state index contributed by atoms with van der Waals surface area (Å²) in [6.07, 6.45) is 21.2. The highest BCUT2D eigenvalue weighted by molar-refractivity contribution is 5.72. The summed E-state index contributed by atoms with van der Waals surface area (Å²) in [5, 5.41) is 9.51. The average molecular weight is 456 g/mol. The van der Waals surface area contributed by atoms with Gasteiger partial charge in [0.15, 0.2) is 6.10 Å². The van der Waals surface area contributed by atoms with Gasteiger partial charge in [-0.25, -0.2) is 4.79 Å². The maximum Gasteiger partial charge on any atom is 0.332 e. The van der Waals surface area contributed by atoms with Crippen molar-refractivity contribution in [3.63, 3.8) is 0 Å². The molecule has 2 atom stereocenters. The fourth-order valence-electron chi connectivity index (χ4n) is 3.57. The van der Waals surface area contributed by atoms with Crippen molar-refractivity contribution in [3.8, 4) is 0 Å². The Morgan fingerprint density at radius 1 is 0.812 bits per heavy atom. The predicted octanol–water partition coefficient (Wildman–Crippen LogP) is 6.85. The van der Waals surface area contributed by atoms with Gasteiger partial charge in [0.2, 0.25) is 0 Å². The highest BCUT2D eigenvalue weighted by atomic mass is 16.5. The third-order valence-electron chi connectivity index (χ3n) is 5.93. The Bertz CT molecular complexity index is 439. The summed E-state index contributed by atoms with van der Waals surface area (Å²) < 4.78 is 11.6. The fraction of sp³-hybridized carbons (Fsp3) is 0.889. The third kappa shape index (κ3) is 19.8. The first-order valence-corrected chi connectivity index (χ1v) is 13.3. The zero-order valence-corrected chi connectivity index (χ0v) is 21.7. The second-order valence-electron chi connectivity index (χ2n) is 9.23. The molecule has 0 spiro atoms. The number of aliphatic carboxylic acids is 1. The van der Waals surface area contributed by atoms with E-state index in [-0.39, 0.29) is 6.04 Å². The van der Waals surface area contributed by atoms with Crippen molar-refractivity contribution < 1.29 is 19.4 Å².